The molecule has 0 N–H and O–H groups in total. The topological polar surface area (TPSA) is 54.3 Å². The van der Waals surface area contributed by atoms with E-state index in [4.69, 9.17) is 11.6 Å². The number of carbonyl (C=O) groups excluding carboxylic acids is 1. The van der Waals surface area contributed by atoms with Gasteiger partial charge in [-0.3, -0.25) is 14.7 Å². The fourth-order valence-corrected chi connectivity index (χ4v) is 4.01. The number of Topliss-reactive ketones (excluding diaryl/α,β-unsaturated/α-hetero) is 1. The largest absolute Gasteiger partial charge is 0.369 e. The zero-order valence-electron chi connectivity index (χ0n) is 17.1. The Balaban J connectivity index is 1.33. The number of hydrogen-bond donors (Lipinski definition) is 0. The molecular formula is C22H22ClF2N5O. The molecule has 0 amide bonds. The highest BCUT2D eigenvalue weighted by molar-refractivity contribution is 6.32. The zero-order chi connectivity index (χ0) is 22.0. The molecule has 0 bridgehead atoms. The Morgan fingerprint density at radius 1 is 1.10 bits per heavy atom. The molecule has 3 heterocycles. The van der Waals surface area contributed by atoms with Gasteiger partial charge < -0.3 is 4.90 Å². The van der Waals surface area contributed by atoms with E-state index in [1.165, 1.54) is 18.3 Å². The maximum absolute atomic E-state index is 13.5. The van der Waals surface area contributed by atoms with Crippen LogP contribution in [0.15, 0.2) is 42.9 Å². The predicted octanol–water partition coefficient (Wildman–Crippen LogP) is 3.90. The van der Waals surface area contributed by atoms with Crippen LogP contribution in [-0.4, -0.2) is 58.2 Å². The number of hydrogen-bond acceptors (Lipinski definition) is 5. The molecule has 6 nitrogen and oxygen atoms in total. The molecule has 1 saturated heterocycles. The van der Waals surface area contributed by atoms with E-state index in [1.54, 1.807) is 23.1 Å². The summed E-state index contributed by atoms with van der Waals surface area (Å²) < 4.78 is 28.6. The average molecular weight is 446 g/mol. The van der Waals surface area contributed by atoms with Crippen LogP contribution < -0.4 is 4.90 Å². The lowest BCUT2D eigenvalue weighted by molar-refractivity contribution is 0.0962. The molecule has 31 heavy (non-hydrogen) atoms. The number of carbonyl (C=O) groups is 1. The van der Waals surface area contributed by atoms with Crippen molar-refractivity contribution in [3.05, 3.63) is 70.8 Å². The van der Waals surface area contributed by atoms with Gasteiger partial charge in [0.05, 0.1) is 28.2 Å². The molecule has 0 unspecified atom stereocenters. The zero-order valence-corrected chi connectivity index (χ0v) is 17.8. The van der Waals surface area contributed by atoms with Crippen LogP contribution in [0.1, 0.15) is 22.5 Å². The van der Waals surface area contributed by atoms with Crippen molar-refractivity contribution in [1.29, 1.82) is 0 Å². The van der Waals surface area contributed by atoms with Crippen molar-refractivity contribution in [2.75, 3.05) is 37.6 Å². The van der Waals surface area contributed by atoms with Gasteiger partial charge in [-0.05, 0) is 25.1 Å². The Morgan fingerprint density at radius 3 is 2.48 bits per heavy atom. The van der Waals surface area contributed by atoms with Gasteiger partial charge in [0, 0.05) is 63.3 Å². The SMILES string of the molecule is Cc1c(C(=O)CCN2CCN(c3cc(F)cc(F)c3)CC2)cnn1-c1ccncc1Cl. The van der Waals surface area contributed by atoms with Crippen molar-refractivity contribution in [2.45, 2.75) is 13.3 Å². The summed E-state index contributed by atoms with van der Waals surface area (Å²) in [4.78, 5) is 20.9. The third-order valence-corrected chi connectivity index (χ3v) is 5.82. The number of ketones is 1. The predicted molar refractivity (Wildman–Crippen MR) is 115 cm³/mol. The maximum atomic E-state index is 13.5. The fraction of sp³-hybridized carbons (Fsp3) is 0.318. The number of aromatic nitrogens is 3. The first kappa shape index (κ1) is 21.4. The van der Waals surface area contributed by atoms with Crippen LogP contribution in [0.5, 0.6) is 0 Å². The highest BCUT2D eigenvalue weighted by Gasteiger charge is 2.21. The molecule has 1 aliphatic heterocycles. The number of anilines is 1. The molecule has 162 valence electrons. The molecule has 0 atom stereocenters. The number of halogens is 3. The van der Waals surface area contributed by atoms with Crippen LogP contribution in [0.2, 0.25) is 5.02 Å². The fourth-order valence-electron chi connectivity index (χ4n) is 3.81. The molecule has 9 heteroatoms. The van der Waals surface area contributed by atoms with Gasteiger partial charge in [-0.15, -0.1) is 0 Å². The maximum Gasteiger partial charge on any atom is 0.167 e. The van der Waals surface area contributed by atoms with Gasteiger partial charge in [-0.2, -0.15) is 5.10 Å². The molecule has 0 spiro atoms. The van der Waals surface area contributed by atoms with Crippen molar-refractivity contribution in [1.82, 2.24) is 19.7 Å². The number of rotatable bonds is 6. The van der Waals surface area contributed by atoms with Crippen molar-refractivity contribution < 1.29 is 13.6 Å². The average Bonchev–Trinajstić information content (AvgIpc) is 3.13. The second-order valence-corrected chi connectivity index (χ2v) is 7.92. The summed E-state index contributed by atoms with van der Waals surface area (Å²) >= 11 is 6.20. The first-order valence-electron chi connectivity index (χ1n) is 10.0. The van der Waals surface area contributed by atoms with Gasteiger partial charge in [-0.25, -0.2) is 13.5 Å². The molecular weight excluding hydrogens is 424 g/mol. The van der Waals surface area contributed by atoms with Gasteiger partial charge in [0.25, 0.3) is 0 Å². The molecule has 1 aliphatic rings. The highest BCUT2D eigenvalue weighted by Crippen LogP contribution is 2.22. The van der Waals surface area contributed by atoms with Gasteiger partial charge in [0.1, 0.15) is 11.6 Å². The Bertz CT molecular complexity index is 1080. The van der Waals surface area contributed by atoms with Gasteiger partial charge in [0.15, 0.2) is 5.78 Å². The smallest absolute Gasteiger partial charge is 0.167 e. The minimum absolute atomic E-state index is 0.0172. The van der Waals surface area contributed by atoms with E-state index in [0.29, 0.717) is 48.0 Å². The van der Waals surface area contributed by atoms with Crippen LogP contribution in [-0.2, 0) is 0 Å². The van der Waals surface area contributed by atoms with Crippen molar-refractivity contribution in [3.8, 4) is 5.69 Å². The normalized spacial score (nSPS) is 14.8. The van der Waals surface area contributed by atoms with Crippen molar-refractivity contribution >= 4 is 23.1 Å². The Labute approximate surface area is 184 Å². The molecule has 1 fully saturated rings. The third kappa shape index (κ3) is 4.75. The van der Waals surface area contributed by atoms with Crippen LogP contribution >= 0.6 is 11.6 Å². The first-order valence-corrected chi connectivity index (χ1v) is 10.4. The lowest BCUT2D eigenvalue weighted by Crippen LogP contribution is -2.47. The van der Waals surface area contributed by atoms with Crippen LogP contribution in [0.3, 0.4) is 0 Å². The number of piperazine rings is 1. The molecule has 1 aromatic carbocycles. The molecule has 2 aromatic heterocycles. The summed E-state index contributed by atoms with van der Waals surface area (Å²) in [5.41, 5.74) is 2.53. The monoisotopic (exact) mass is 445 g/mol. The number of pyridine rings is 1. The van der Waals surface area contributed by atoms with Crippen LogP contribution in [0, 0.1) is 18.6 Å². The Hall–Kier alpha value is -2.84. The van der Waals surface area contributed by atoms with Crippen LogP contribution in [0.4, 0.5) is 14.5 Å². The molecule has 0 aliphatic carbocycles. The van der Waals surface area contributed by atoms with Gasteiger partial charge in [0.2, 0.25) is 0 Å². The minimum Gasteiger partial charge on any atom is -0.369 e. The van der Waals surface area contributed by atoms with Gasteiger partial charge in [-0.1, -0.05) is 11.6 Å². The second-order valence-electron chi connectivity index (χ2n) is 7.51. The van der Waals surface area contributed by atoms with Gasteiger partial charge >= 0.3 is 0 Å². The summed E-state index contributed by atoms with van der Waals surface area (Å²) in [6, 6.07) is 5.31. The third-order valence-electron chi connectivity index (χ3n) is 5.53. The second kappa shape index (κ2) is 9.11. The lowest BCUT2D eigenvalue weighted by atomic mass is 10.1. The van der Waals surface area contributed by atoms with E-state index in [1.807, 2.05) is 11.8 Å². The quantitative estimate of drug-likeness (QED) is 0.538. The lowest BCUT2D eigenvalue weighted by Gasteiger charge is -2.36. The molecule has 0 saturated carbocycles. The van der Waals surface area contributed by atoms with Crippen molar-refractivity contribution in [3.63, 3.8) is 0 Å². The first-order chi connectivity index (χ1) is 14.9. The summed E-state index contributed by atoms with van der Waals surface area (Å²) in [6.07, 6.45) is 5.11. The summed E-state index contributed by atoms with van der Waals surface area (Å²) in [6.45, 7) is 5.19. The molecule has 3 aromatic rings. The Kier molecular flexibility index (Phi) is 6.29. The molecule has 0 radical (unpaired) electrons. The van der Waals surface area contributed by atoms with Crippen LogP contribution in [0.25, 0.3) is 5.69 Å². The summed E-state index contributed by atoms with van der Waals surface area (Å²) in [7, 11) is 0. The molecule has 4 rings (SSSR count). The van der Waals surface area contributed by atoms with E-state index < -0.39 is 11.6 Å². The minimum atomic E-state index is -0.577. The van der Waals surface area contributed by atoms with E-state index in [9.17, 15) is 13.6 Å². The van der Waals surface area contributed by atoms with E-state index in [2.05, 4.69) is 15.0 Å². The summed E-state index contributed by atoms with van der Waals surface area (Å²) in [5, 5.41) is 4.78. The number of nitrogens with zero attached hydrogens (tertiary/aromatic N) is 5. The Morgan fingerprint density at radius 2 is 1.81 bits per heavy atom. The van der Waals surface area contributed by atoms with E-state index in [-0.39, 0.29) is 5.78 Å². The van der Waals surface area contributed by atoms with E-state index >= 15 is 0 Å². The highest BCUT2D eigenvalue weighted by atomic mass is 35.5. The summed E-state index contributed by atoms with van der Waals surface area (Å²) in [5.74, 6) is -1.14. The van der Waals surface area contributed by atoms with E-state index in [0.717, 1.165) is 24.8 Å². The van der Waals surface area contributed by atoms with Crippen molar-refractivity contribution in [2.24, 2.45) is 0 Å². The standard InChI is InChI=1S/C22H22ClF2N5O/c1-15-19(13-27-30(15)21-2-4-26-14-20(21)23)22(31)3-5-28-6-8-29(9-7-28)18-11-16(24)10-17(25)12-18/h2,4,10-14H,3,5-9H2,1H3. The number of benzene rings is 1.